The van der Waals surface area contributed by atoms with E-state index in [4.69, 9.17) is 9.47 Å². The largest absolute Gasteiger partial charge is 0.497 e. The SMILES string of the molecule is COc1cc(CNC(=O)Cc2ccc(C(F)(F)F)cc2)cc(OC)c1. The smallest absolute Gasteiger partial charge is 0.416 e. The third kappa shape index (κ3) is 5.41. The Morgan fingerprint density at radius 2 is 1.52 bits per heavy atom. The maximum atomic E-state index is 12.5. The summed E-state index contributed by atoms with van der Waals surface area (Å²) in [6, 6.07) is 9.79. The van der Waals surface area contributed by atoms with Gasteiger partial charge in [-0.25, -0.2) is 0 Å². The average molecular weight is 353 g/mol. The third-order valence-electron chi connectivity index (χ3n) is 3.55. The van der Waals surface area contributed by atoms with Gasteiger partial charge in [-0.05, 0) is 35.4 Å². The van der Waals surface area contributed by atoms with E-state index in [0.717, 1.165) is 17.7 Å². The lowest BCUT2D eigenvalue weighted by Gasteiger charge is -2.10. The number of rotatable bonds is 6. The predicted molar refractivity (Wildman–Crippen MR) is 86.5 cm³/mol. The maximum absolute atomic E-state index is 12.5. The zero-order valence-corrected chi connectivity index (χ0v) is 13.8. The molecule has 0 spiro atoms. The summed E-state index contributed by atoms with van der Waals surface area (Å²) in [5.41, 5.74) is 0.561. The van der Waals surface area contributed by atoms with E-state index < -0.39 is 11.7 Å². The molecule has 0 saturated heterocycles. The molecule has 2 aromatic carbocycles. The summed E-state index contributed by atoms with van der Waals surface area (Å²) in [6.45, 7) is 0.257. The minimum atomic E-state index is -4.38. The third-order valence-corrected chi connectivity index (χ3v) is 3.55. The fraction of sp³-hybridized carbons (Fsp3) is 0.278. The first-order valence-electron chi connectivity index (χ1n) is 7.46. The van der Waals surface area contributed by atoms with Crippen molar-refractivity contribution in [3.63, 3.8) is 0 Å². The van der Waals surface area contributed by atoms with Gasteiger partial charge in [-0.15, -0.1) is 0 Å². The van der Waals surface area contributed by atoms with Crippen molar-refractivity contribution in [2.45, 2.75) is 19.1 Å². The molecule has 7 heteroatoms. The molecule has 2 aromatic rings. The number of halogens is 3. The first kappa shape index (κ1) is 18.6. The number of hydrogen-bond acceptors (Lipinski definition) is 3. The topological polar surface area (TPSA) is 47.6 Å². The van der Waals surface area contributed by atoms with Crippen LogP contribution in [0.2, 0.25) is 0 Å². The summed E-state index contributed by atoms with van der Waals surface area (Å²) in [5, 5.41) is 2.72. The first-order valence-corrected chi connectivity index (χ1v) is 7.46. The molecule has 0 fully saturated rings. The lowest BCUT2D eigenvalue weighted by Crippen LogP contribution is -2.24. The molecule has 2 rings (SSSR count). The number of methoxy groups -OCH3 is 2. The van der Waals surface area contributed by atoms with Crippen molar-refractivity contribution in [1.82, 2.24) is 5.32 Å². The molecule has 0 unspecified atom stereocenters. The highest BCUT2D eigenvalue weighted by molar-refractivity contribution is 5.78. The second kappa shape index (κ2) is 7.92. The number of benzene rings is 2. The Kier molecular flexibility index (Phi) is 5.90. The molecule has 0 radical (unpaired) electrons. The Morgan fingerprint density at radius 3 is 2.00 bits per heavy atom. The Labute approximate surface area is 143 Å². The van der Waals surface area contributed by atoms with Crippen molar-refractivity contribution in [2.75, 3.05) is 14.2 Å². The summed E-state index contributed by atoms with van der Waals surface area (Å²) >= 11 is 0. The zero-order chi connectivity index (χ0) is 18.4. The van der Waals surface area contributed by atoms with Gasteiger partial charge in [0.1, 0.15) is 11.5 Å². The standard InChI is InChI=1S/C18H18F3NO3/c1-24-15-7-13(8-16(10-15)25-2)11-22-17(23)9-12-3-5-14(6-4-12)18(19,20)21/h3-8,10H,9,11H2,1-2H3,(H,22,23). The van der Waals surface area contributed by atoms with Crippen molar-refractivity contribution in [3.8, 4) is 11.5 Å². The number of amides is 1. The van der Waals surface area contributed by atoms with Crippen LogP contribution in [0.25, 0.3) is 0 Å². The maximum Gasteiger partial charge on any atom is 0.416 e. The number of carbonyl (C=O) groups excluding carboxylic acids is 1. The van der Waals surface area contributed by atoms with Gasteiger partial charge in [0, 0.05) is 12.6 Å². The number of ether oxygens (including phenoxy) is 2. The van der Waals surface area contributed by atoms with E-state index >= 15 is 0 Å². The van der Waals surface area contributed by atoms with Crippen LogP contribution >= 0.6 is 0 Å². The van der Waals surface area contributed by atoms with E-state index in [1.807, 2.05) is 0 Å². The molecule has 0 aliphatic carbocycles. The van der Waals surface area contributed by atoms with Gasteiger partial charge in [-0.3, -0.25) is 4.79 Å². The second-order valence-corrected chi connectivity index (χ2v) is 5.37. The molecule has 0 aliphatic heterocycles. The van der Waals surface area contributed by atoms with Crippen molar-refractivity contribution in [1.29, 1.82) is 0 Å². The van der Waals surface area contributed by atoms with Crippen LogP contribution in [0, 0.1) is 0 Å². The minimum Gasteiger partial charge on any atom is -0.497 e. The lowest BCUT2D eigenvalue weighted by molar-refractivity contribution is -0.137. The van der Waals surface area contributed by atoms with Crippen LogP contribution in [0.15, 0.2) is 42.5 Å². The van der Waals surface area contributed by atoms with Crippen LogP contribution in [-0.4, -0.2) is 20.1 Å². The zero-order valence-electron chi connectivity index (χ0n) is 13.8. The van der Waals surface area contributed by atoms with E-state index in [1.54, 1.807) is 18.2 Å². The van der Waals surface area contributed by atoms with Crippen molar-refractivity contribution in [2.24, 2.45) is 0 Å². The molecule has 0 saturated carbocycles. The van der Waals surface area contributed by atoms with E-state index in [-0.39, 0.29) is 18.9 Å². The van der Waals surface area contributed by atoms with Crippen LogP contribution in [0.3, 0.4) is 0 Å². The predicted octanol–water partition coefficient (Wildman–Crippen LogP) is 3.58. The highest BCUT2D eigenvalue weighted by atomic mass is 19.4. The van der Waals surface area contributed by atoms with Gasteiger partial charge < -0.3 is 14.8 Å². The quantitative estimate of drug-likeness (QED) is 0.864. The molecular weight excluding hydrogens is 335 g/mol. The van der Waals surface area contributed by atoms with Gasteiger partial charge >= 0.3 is 6.18 Å². The lowest BCUT2D eigenvalue weighted by atomic mass is 10.1. The number of nitrogens with one attached hydrogen (secondary N) is 1. The van der Waals surface area contributed by atoms with Gasteiger partial charge in [0.15, 0.2) is 0 Å². The van der Waals surface area contributed by atoms with E-state index in [0.29, 0.717) is 17.1 Å². The molecule has 0 atom stereocenters. The van der Waals surface area contributed by atoms with Gasteiger partial charge in [-0.2, -0.15) is 13.2 Å². The van der Waals surface area contributed by atoms with Crippen LogP contribution in [0.1, 0.15) is 16.7 Å². The minimum absolute atomic E-state index is 0.000753. The van der Waals surface area contributed by atoms with E-state index in [2.05, 4.69) is 5.32 Å². The Hall–Kier alpha value is -2.70. The van der Waals surface area contributed by atoms with Crippen molar-refractivity contribution < 1.29 is 27.4 Å². The van der Waals surface area contributed by atoms with Crippen LogP contribution in [0.4, 0.5) is 13.2 Å². The second-order valence-electron chi connectivity index (χ2n) is 5.37. The fourth-order valence-corrected chi connectivity index (χ4v) is 2.23. The van der Waals surface area contributed by atoms with Gasteiger partial charge in [0.25, 0.3) is 0 Å². The Morgan fingerprint density at radius 1 is 0.960 bits per heavy atom. The van der Waals surface area contributed by atoms with Crippen LogP contribution in [-0.2, 0) is 23.9 Å². The summed E-state index contributed by atoms with van der Waals surface area (Å²) in [7, 11) is 3.06. The first-order chi connectivity index (χ1) is 11.8. The molecule has 25 heavy (non-hydrogen) atoms. The number of alkyl halides is 3. The molecule has 1 amide bonds. The van der Waals surface area contributed by atoms with Gasteiger partial charge in [0.2, 0.25) is 5.91 Å². The summed E-state index contributed by atoms with van der Waals surface area (Å²) in [5.74, 6) is 0.916. The molecular formula is C18H18F3NO3. The normalized spacial score (nSPS) is 11.1. The summed E-state index contributed by atoms with van der Waals surface area (Å²) in [6.07, 6.45) is -4.38. The fourth-order valence-electron chi connectivity index (χ4n) is 2.23. The summed E-state index contributed by atoms with van der Waals surface area (Å²) < 4.78 is 47.9. The van der Waals surface area contributed by atoms with Crippen LogP contribution in [0.5, 0.6) is 11.5 Å². The Balaban J connectivity index is 1.95. The molecule has 0 aliphatic rings. The number of hydrogen-bond donors (Lipinski definition) is 1. The Bertz CT molecular complexity index is 705. The number of carbonyl (C=O) groups is 1. The highest BCUT2D eigenvalue weighted by Gasteiger charge is 2.29. The highest BCUT2D eigenvalue weighted by Crippen LogP contribution is 2.29. The van der Waals surface area contributed by atoms with Gasteiger partial charge in [-0.1, -0.05) is 12.1 Å². The molecule has 4 nitrogen and oxygen atoms in total. The average Bonchev–Trinajstić information content (AvgIpc) is 2.59. The molecule has 0 bridgehead atoms. The van der Waals surface area contributed by atoms with Crippen LogP contribution < -0.4 is 14.8 Å². The van der Waals surface area contributed by atoms with Crippen molar-refractivity contribution in [3.05, 3.63) is 59.2 Å². The van der Waals surface area contributed by atoms with E-state index in [9.17, 15) is 18.0 Å². The molecule has 0 aromatic heterocycles. The van der Waals surface area contributed by atoms with E-state index in [1.165, 1.54) is 26.4 Å². The summed E-state index contributed by atoms with van der Waals surface area (Å²) in [4.78, 5) is 12.0. The molecule has 1 N–H and O–H groups in total. The molecule has 134 valence electrons. The monoisotopic (exact) mass is 353 g/mol. The van der Waals surface area contributed by atoms with Crippen molar-refractivity contribution >= 4 is 5.91 Å². The van der Waals surface area contributed by atoms with Gasteiger partial charge in [0.05, 0.1) is 26.2 Å². The molecule has 0 heterocycles.